The van der Waals surface area contributed by atoms with Gasteiger partial charge in [-0.25, -0.2) is 0 Å². The van der Waals surface area contributed by atoms with Crippen LogP contribution in [0.2, 0.25) is 0 Å². The fourth-order valence-electron chi connectivity index (χ4n) is 2.12. The van der Waals surface area contributed by atoms with Gasteiger partial charge >= 0.3 is 0 Å². The fraction of sp³-hybridized carbons (Fsp3) is 0.556. The normalized spacial score (nSPS) is 11.0. The maximum atomic E-state index is 5.67. The maximum absolute atomic E-state index is 5.67. The van der Waals surface area contributed by atoms with E-state index in [0.717, 1.165) is 12.4 Å². The molecule has 0 aliphatic heterocycles. The molecule has 0 unspecified atom stereocenters. The van der Waals surface area contributed by atoms with E-state index in [1.807, 2.05) is 30.3 Å². The van der Waals surface area contributed by atoms with E-state index < -0.39 is 0 Å². The largest absolute Gasteiger partial charge is 0.494 e. The molecule has 0 aromatic heterocycles. The number of allylic oxidation sites excluding steroid dienone is 2. The van der Waals surface area contributed by atoms with E-state index in [2.05, 4.69) is 19.1 Å². The first kappa shape index (κ1) is 15.8. The number of unbranched alkanes of at least 4 members (excludes halogenated alkanes) is 7. The second-order valence-electron chi connectivity index (χ2n) is 4.99. The molecule has 0 fully saturated rings. The van der Waals surface area contributed by atoms with Gasteiger partial charge in [0.05, 0.1) is 6.61 Å². The van der Waals surface area contributed by atoms with Crippen LogP contribution in [0.5, 0.6) is 5.75 Å². The Bertz CT molecular complexity index is 316. The molecule has 1 nitrogen and oxygen atoms in total. The summed E-state index contributed by atoms with van der Waals surface area (Å²) in [7, 11) is 0. The van der Waals surface area contributed by atoms with Crippen LogP contribution in [0.25, 0.3) is 0 Å². The van der Waals surface area contributed by atoms with Gasteiger partial charge in [-0.2, -0.15) is 0 Å². The van der Waals surface area contributed by atoms with Crippen molar-refractivity contribution in [1.82, 2.24) is 0 Å². The third-order valence-electron chi connectivity index (χ3n) is 3.26. The first-order valence-electron chi connectivity index (χ1n) is 7.72. The highest BCUT2D eigenvalue weighted by molar-refractivity contribution is 5.20. The number of rotatable bonds is 11. The van der Waals surface area contributed by atoms with Crippen molar-refractivity contribution in [2.45, 2.75) is 58.3 Å². The maximum Gasteiger partial charge on any atom is 0.119 e. The lowest BCUT2D eigenvalue weighted by Gasteiger charge is -2.05. The van der Waals surface area contributed by atoms with E-state index in [1.54, 1.807) is 0 Å². The first-order chi connectivity index (χ1) is 9.43. The van der Waals surface area contributed by atoms with E-state index in [-0.39, 0.29) is 0 Å². The Morgan fingerprint density at radius 1 is 0.842 bits per heavy atom. The molecule has 0 radical (unpaired) electrons. The molecule has 0 aliphatic carbocycles. The van der Waals surface area contributed by atoms with Gasteiger partial charge in [0.1, 0.15) is 5.75 Å². The summed E-state index contributed by atoms with van der Waals surface area (Å²) in [6, 6.07) is 10.1. The highest BCUT2D eigenvalue weighted by Crippen LogP contribution is 2.11. The number of para-hydroxylation sites is 1. The summed E-state index contributed by atoms with van der Waals surface area (Å²) < 4.78 is 5.67. The molecule has 0 saturated heterocycles. The van der Waals surface area contributed by atoms with E-state index in [4.69, 9.17) is 4.74 Å². The minimum Gasteiger partial charge on any atom is -0.494 e. The van der Waals surface area contributed by atoms with Crippen molar-refractivity contribution in [3.05, 3.63) is 42.5 Å². The highest BCUT2D eigenvalue weighted by atomic mass is 16.5. The Morgan fingerprint density at radius 3 is 2.16 bits per heavy atom. The van der Waals surface area contributed by atoms with Crippen LogP contribution in [0.1, 0.15) is 58.3 Å². The van der Waals surface area contributed by atoms with Crippen LogP contribution < -0.4 is 4.74 Å². The quantitative estimate of drug-likeness (QED) is 0.363. The van der Waals surface area contributed by atoms with Crippen LogP contribution in [0.15, 0.2) is 42.5 Å². The standard InChI is InChI=1S/C18H28O/c1-2-3-4-5-6-7-8-9-10-14-17-19-18-15-12-11-13-16-18/h2-3,11-13,15-16H,4-10,14,17H2,1H3. The van der Waals surface area contributed by atoms with Crippen molar-refractivity contribution in [2.24, 2.45) is 0 Å². The number of hydrogen-bond donors (Lipinski definition) is 0. The molecule has 0 bridgehead atoms. The monoisotopic (exact) mass is 260 g/mol. The van der Waals surface area contributed by atoms with Crippen molar-refractivity contribution in [1.29, 1.82) is 0 Å². The highest BCUT2D eigenvalue weighted by Gasteiger charge is 1.93. The molecule has 0 heterocycles. The molecule has 0 N–H and O–H groups in total. The second-order valence-corrected chi connectivity index (χ2v) is 4.99. The first-order valence-corrected chi connectivity index (χ1v) is 7.72. The average molecular weight is 260 g/mol. The molecule has 19 heavy (non-hydrogen) atoms. The predicted octanol–water partition coefficient (Wildman–Crippen LogP) is 5.76. The van der Waals surface area contributed by atoms with Crippen LogP contribution >= 0.6 is 0 Å². The zero-order valence-electron chi connectivity index (χ0n) is 12.3. The zero-order chi connectivity index (χ0) is 13.6. The van der Waals surface area contributed by atoms with E-state index >= 15 is 0 Å². The Hall–Kier alpha value is -1.24. The third-order valence-corrected chi connectivity index (χ3v) is 3.26. The number of ether oxygens (including phenoxy) is 1. The van der Waals surface area contributed by atoms with Gasteiger partial charge in [-0.3, -0.25) is 0 Å². The predicted molar refractivity (Wildman–Crippen MR) is 83.7 cm³/mol. The summed E-state index contributed by atoms with van der Waals surface area (Å²) in [5.74, 6) is 0.992. The summed E-state index contributed by atoms with van der Waals surface area (Å²) in [4.78, 5) is 0. The van der Waals surface area contributed by atoms with Crippen LogP contribution in [-0.4, -0.2) is 6.61 Å². The van der Waals surface area contributed by atoms with E-state index in [0.29, 0.717) is 0 Å². The average Bonchev–Trinajstić information content (AvgIpc) is 2.46. The van der Waals surface area contributed by atoms with Crippen LogP contribution in [0, 0.1) is 0 Å². The van der Waals surface area contributed by atoms with Gasteiger partial charge in [0, 0.05) is 0 Å². The SMILES string of the molecule is CC=CCCCCCCCCCOc1ccccc1. The summed E-state index contributed by atoms with van der Waals surface area (Å²) in [5, 5.41) is 0. The summed E-state index contributed by atoms with van der Waals surface area (Å²) >= 11 is 0. The van der Waals surface area contributed by atoms with Gasteiger partial charge in [-0.1, -0.05) is 62.5 Å². The number of hydrogen-bond acceptors (Lipinski definition) is 1. The molecule has 0 atom stereocenters. The Morgan fingerprint density at radius 2 is 1.47 bits per heavy atom. The molecule has 1 rings (SSSR count). The number of benzene rings is 1. The van der Waals surface area contributed by atoms with Crippen molar-refractivity contribution in [2.75, 3.05) is 6.61 Å². The van der Waals surface area contributed by atoms with Crippen molar-refractivity contribution in [3.8, 4) is 5.75 Å². The lowest BCUT2D eigenvalue weighted by molar-refractivity contribution is 0.304. The van der Waals surface area contributed by atoms with Crippen LogP contribution in [0.4, 0.5) is 0 Å². The van der Waals surface area contributed by atoms with Crippen LogP contribution in [0.3, 0.4) is 0 Å². The molecule has 1 aromatic rings. The molecule has 0 amide bonds. The molecule has 0 aliphatic rings. The molecule has 0 spiro atoms. The van der Waals surface area contributed by atoms with Crippen LogP contribution in [-0.2, 0) is 0 Å². The van der Waals surface area contributed by atoms with Crippen molar-refractivity contribution >= 4 is 0 Å². The lowest BCUT2D eigenvalue weighted by atomic mass is 10.1. The lowest BCUT2D eigenvalue weighted by Crippen LogP contribution is -1.96. The van der Waals surface area contributed by atoms with Gasteiger partial charge in [0.25, 0.3) is 0 Å². The molecule has 1 aromatic carbocycles. The smallest absolute Gasteiger partial charge is 0.119 e. The Labute approximate surface area is 118 Å². The van der Waals surface area contributed by atoms with Gasteiger partial charge in [0.15, 0.2) is 0 Å². The Balaban J connectivity index is 1.81. The van der Waals surface area contributed by atoms with Crippen molar-refractivity contribution in [3.63, 3.8) is 0 Å². The van der Waals surface area contributed by atoms with Gasteiger partial charge < -0.3 is 4.74 Å². The minimum absolute atomic E-state index is 0.852. The molecule has 106 valence electrons. The third kappa shape index (κ3) is 9.35. The topological polar surface area (TPSA) is 9.23 Å². The van der Waals surface area contributed by atoms with Gasteiger partial charge in [-0.15, -0.1) is 0 Å². The molecular weight excluding hydrogens is 232 g/mol. The summed E-state index contributed by atoms with van der Waals surface area (Å²) in [6.45, 7) is 2.95. The fourth-order valence-corrected chi connectivity index (χ4v) is 2.12. The van der Waals surface area contributed by atoms with E-state index in [9.17, 15) is 0 Å². The summed E-state index contributed by atoms with van der Waals surface area (Å²) in [6.07, 6.45) is 15.0. The van der Waals surface area contributed by atoms with Gasteiger partial charge in [-0.05, 0) is 38.3 Å². The molecule has 0 saturated carbocycles. The molecule has 1 heteroatoms. The Kier molecular flexibility index (Phi) is 9.85. The molecular formula is C18H28O. The second kappa shape index (κ2) is 11.8. The minimum atomic E-state index is 0.852. The van der Waals surface area contributed by atoms with Crippen molar-refractivity contribution < 1.29 is 4.74 Å². The summed E-state index contributed by atoms with van der Waals surface area (Å²) in [5.41, 5.74) is 0. The zero-order valence-corrected chi connectivity index (χ0v) is 12.3. The van der Waals surface area contributed by atoms with Gasteiger partial charge in [0.2, 0.25) is 0 Å². The van der Waals surface area contributed by atoms with E-state index in [1.165, 1.54) is 51.4 Å².